The SMILES string of the molecule is C/C(=N/NC(=O)CN1CCCCC1)c1ccc(NC(=O)c2ccccc2)cc1. The Bertz CT molecular complexity index is 825. The van der Waals surface area contributed by atoms with Crippen molar-refractivity contribution in [2.75, 3.05) is 25.0 Å². The molecule has 0 spiro atoms. The molecular weight excluding hydrogens is 352 g/mol. The molecule has 1 aliphatic rings. The summed E-state index contributed by atoms with van der Waals surface area (Å²) in [6, 6.07) is 16.5. The topological polar surface area (TPSA) is 73.8 Å². The first-order chi connectivity index (χ1) is 13.6. The van der Waals surface area contributed by atoms with Gasteiger partial charge in [0.05, 0.1) is 12.3 Å². The van der Waals surface area contributed by atoms with Crippen molar-refractivity contribution in [3.63, 3.8) is 0 Å². The molecule has 0 saturated carbocycles. The average molecular weight is 378 g/mol. The molecule has 0 unspecified atom stereocenters. The molecule has 0 bridgehead atoms. The van der Waals surface area contributed by atoms with Gasteiger partial charge in [-0.2, -0.15) is 5.10 Å². The molecule has 0 radical (unpaired) electrons. The molecular formula is C22H26N4O2. The summed E-state index contributed by atoms with van der Waals surface area (Å²) in [5, 5.41) is 7.07. The zero-order valence-corrected chi connectivity index (χ0v) is 16.1. The van der Waals surface area contributed by atoms with Gasteiger partial charge in [0.2, 0.25) is 0 Å². The Morgan fingerprint density at radius 2 is 1.61 bits per heavy atom. The Labute approximate surface area is 165 Å². The maximum absolute atomic E-state index is 12.2. The summed E-state index contributed by atoms with van der Waals surface area (Å²) in [6.45, 7) is 4.19. The molecule has 28 heavy (non-hydrogen) atoms. The highest BCUT2D eigenvalue weighted by Crippen LogP contribution is 2.12. The second-order valence-corrected chi connectivity index (χ2v) is 6.97. The number of nitrogens with zero attached hydrogens (tertiary/aromatic N) is 2. The maximum atomic E-state index is 12.2. The van der Waals surface area contributed by atoms with Crippen LogP contribution in [0.15, 0.2) is 59.7 Å². The maximum Gasteiger partial charge on any atom is 0.255 e. The molecule has 1 aliphatic heterocycles. The highest BCUT2D eigenvalue weighted by molar-refractivity contribution is 6.05. The number of hydrogen-bond donors (Lipinski definition) is 2. The molecule has 6 heteroatoms. The molecule has 2 amide bonds. The van der Waals surface area contributed by atoms with Crippen molar-refractivity contribution in [2.45, 2.75) is 26.2 Å². The summed E-state index contributed by atoms with van der Waals surface area (Å²) in [4.78, 5) is 26.4. The quantitative estimate of drug-likeness (QED) is 0.598. The zero-order valence-electron chi connectivity index (χ0n) is 16.1. The summed E-state index contributed by atoms with van der Waals surface area (Å²) < 4.78 is 0. The Balaban J connectivity index is 1.52. The summed E-state index contributed by atoms with van der Waals surface area (Å²) >= 11 is 0. The highest BCUT2D eigenvalue weighted by atomic mass is 16.2. The van der Waals surface area contributed by atoms with Gasteiger partial charge in [0.15, 0.2) is 0 Å². The van der Waals surface area contributed by atoms with E-state index in [0.29, 0.717) is 23.5 Å². The summed E-state index contributed by atoms with van der Waals surface area (Å²) in [6.07, 6.45) is 3.56. The first-order valence-electron chi connectivity index (χ1n) is 9.64. The lowest BCUT2D eigenvalue weighted by Crippen LogP contribution is -2.38. The van der Waals surface area contributed by atoms with Gasteiger partial charge >= 0.3 is 0 Å². The molecule has 1 saturated heterocycles. The first kappa shape index (κ1) is 19.8. The van der Waals surface area contributed by atoms with E-state index in [4.69, 9.17) is 0 Å². The van der Waals surface area contributed by atoms with Crippen LogP contribution in [-0.4, -0.2) is 42.1 Å². The Morgan fingerprint density at radius 1 is 0.929 bits per heavy atom. The van der Waals surface area contributed by atoms with Crippen molar-refractivity contribution in [1.29, 1.82) is 0 Å². The number of carbonyl (C=O) groups excluding carboxylic acids is 2. The van der Waals surface area contributed by atoms with Crippen molar-refractivity contribution >= 4 is 23.2 Å². The lowest BCUT2D eigenvalue weighted by molar-refractivity contribution is -0.122. The normalized spacial score (nSPS) is 15.1. The van der Waals surface area contributed by atoms with E-state index in [1.165, 1.54) is 6.42 Å². The van der Waals surface area contributed by atoms with Crippen LogP contribution in [0.1, 0.15) is 42.1 Å². The minimum atomic E-state index is -0.149. The standard InChI is InChI=1S/C22H26N4O2/c1-17(24-25-21(27)16-26-14-6-3-7-15-26)18-10-12-20(13-11-18)23-22(28)19-8-4-2-5-9-19/h2,4-5,8-13H,3,6-7,14-16H2,1H3,(H,23,28)(H,25,27)/b24-17-. The van der Waals surface area contributed by atoms with Gasteiger partial charge in [-0.25, -0.2) is 5.43 Å². The van der Waals surface area contributed by atoms with E-state index in [-0.39, 0.29) is 11.8 Å². The van der Waals surface area contributed by atoms with Crippen LogP contribution < -0.4 is 10.7 Å². The van der Waals surface area contributed by atoms with Gasteiger partial charge in [0.1, 0.15) is 0 Å². The van der Waals surface area contributed by atoms with E-state index in [9.17, 15) is 9.59 Å². The van der Waals surface area contributed by atoms with Crippen LogP contribution in [0.25, 0.3) is 0 Å². The number of benzene rings is 2. The van der Waals surface area contributed by atoms with Crippen molar-refractivity contribution in [3.05, 3.63) is 65.7 Å². The molecule has 2 aromatic carbocycles. The number of rotatable bonds is 6. The Hall–Kier alpha value is -2.99. The average Bonchev–Trinajstić information content (AvgIpc) is 2.74. The number of anilines is 1. The van der Waals surface area contributed by atoms with Crippen LogP contribution >= 0.6 is 0 Å². The van der Waals surface area contributed by atoms with Gasteiger partial charge in [-0.1, -0.05) is 36.8 Å². The van der Waals surface area contributed by atoms with E-state index in [0.717, 1.165) is 31.5 Å². The van der Waals surface area contributed by atoms with Crippen LogP contribution in [0.3, 0.4) is 0 Å². The van der Waals surface area contributed by atoms with E-state index in [1.807, 2.05) is 49.4 Å². The summed E-state index contributed by atoms with van der Waals surface area (Å²) in [5.41, 5.74) is 5.55. The van der Waals surface area contributed by atoms with Crippen LogP contribution in [0.5, 0.6) is 0 Å². The minimum absolute atomic E-state index is 0.0898. The second-order valence-electron chi connectivity index (χ2n) is 6.97. The molecule has 6 nitrogen and oxygen atoms in total. The summed E-state index contributed by atoms with van der Waals surface area (Å²) in [5.74, 6) is -0.239. The van der Waals surface area contributed by atoms with Crippen LogP contribution in [0.4, 0.5) is 5.69 Å². The number of likely N-dealkylation sites (tertiary alicyclic amines) is 1. The van der Waals surface area contributed by atoms with E-state index in [2.05, 4.69) is 20.7 Å². The van der Waals surface area contributed by atoms with Gasteiger partial charge in [0, 0.05) is 11.3 Å². The molecule has 0 aromatic heterocycles. The Kier molecular flexibility index (Phi) is 6.92. The van der Waals surface area contributed by atoms with E-state index in [1.54, 1.807) is 12.1 Å². The fourth-order valence-corrected chi connectivity index (χ4v) is 3.15. The highest BCUT2D eigenvalue weighted by Gasteiger charge is 2.13. The third kappa shape index (κ3) is 5.76. The Morgan fingerprint density at radius 3 is 2.29 bits per heavy atom. The van der Waals surface area contributed by atoms with Gasteiger partial charge in [0.25, 0.3) is 11.8 Å². The lowest BCUT2D eigenvalue weighted by Gasteiger charge is -2.25. The predicted octanol–water partition coefficient (Wildman–Crippen LogP) is 3.27. The fourth-order valence-electron chi connectivity index (χ4n) is 3.15. The van der Waals surface area contributed by atoms with E-state index >= 15 is 0 Å². The zero-order chi connectivity index (χ0) is 19.8. The van der Waals surface area contributed by atoms with Crippen molar-refractivity contribution in [3.8, 4) is 0 Å². The lowest BCUT2D eigenvalue weighted by atomic mass is 10.1. The van der Waals surface area contributed by atoms with Crippen molar-refractivity contribution in [1.82, 2.24) is 10.3 Å². The molecule has 146 valence electrons. The third-order valence-electron chi connectivity index (χ3n) is 4.76. The number of amides is 2. The molecule has 2 N–H and O–H groups in total. The molecule has 0 aliphatic carbocycles. The van der Waals surface area contributed by atoms with Crippen LogP contribution in [0, 0.1) is 0 Å². The first-order valence-corrected chi connectivity index (χ1v) is 9.64. The molecule has 1 fully saturated rings. The smallest absolute Gasteiger partial charge is 0.255 e. The van der Waals surface area contributed by atoms with E-state index < -0.39 is 0 Å². The molecule has 3 rings (SSSR count). The minimum Gasteiger partial charge on any atom is -0.322 e. The summed E-state index contributed by atoms with van der Waals surface area (Å²) in [7, 11) is 0. The number of hydrogen-bond acceptors (Lipinski definition) is 4. The van der Waals surface area contributed by atoms with Crippen molar-refractivity contribution in [2.24, 2.45) is 5.10 Å². The van der Waals surface area contributed by atoms with Gasteiger partial charge in [-0.05, 0) is 62.7 Å². The fraction of sp³-hybridized carbons (Fsp3) is 0.318. The second kappa shape index (κ2) is 9.80. The van der Waals surface area contributed by atoms with Crippen LogP contribution in [0.2, 0.25) is 0 Å². The number of piperidine rings is 1. The molecule has 2 aromatic rings. The largest absolute Gasteiger partial charge is 0.322 e. The number of nitrogens with one attached hydrogen (secondary N) is 2. The number of hydrazone groups is 1. The molecule has 1 heterocycles. The van der Waals surface area contributed by atoms with Crippen molar-refractivity contribution < 1.29 is 9.59 Å². The van der Waals surface area contributed by atoms with Crippen LogP contribution in [-0.2, 0) is 4.79 Å². The van der Waals surface area contributed by atoms with Gasteiger partial charge in [-0.3, -0.25) is 14.5 Å². The number of carbonyl (C=O) groups is 2. The van der Waals surface area contributed by atoms with Gasteiger partial charge in [-0.15, -0.1) is 0 Å². The van der Waals surface area contributed by atoms with Gasteiger partial charge < -0.3 is 5.32 Å². The predicted molar refractivity (Wildman–Crippen MR) is 111 cm³/mol. The molecule has 0 atom stereocenters. The third-order valence-corrected chi connectivity index (χ3v) is 4.76. The monoisotopic (exact) mass is 378 g/mol.